The van der Waals surface area contributed by atoms with Gasteiger partial charge in [-0.25, -0.2) is 22.9 Å². The molecule has 2 aromatic heterocycles. The zero-order valence-corrected chi connectivity index (χ0v) is 14.3. The van der Waals surface area contributed by atoms with E-state index in [9.17, 15) is 18.0 Å². The quantitative estimate of drug-likeness (QED) is 0.642. The van der Waals surface area contributed by atoms with E-state index in [2.05, 4.69) is 25.8 Å². The molecule has 2 amide bonds. The van der Waals surface area contributed by atoms with E-state index in [1.807, 2.05) is 0 Å². The number of amides is 2. The number of alkyl halides is 2. The molecule has 1 aromatic carbocycles. The van der Waals surface area contributed by atoms with Crippen molar-refractivity contribution in [3.8, 4) is 0 Å². The predicted molar refractivity (Wildman–Crippen MR) is 93.2 cm³/mol. The van der Waals surface area contributed by atoms with E-state index in [4.69, 9.17) is 0 Å². The summed E-state index contributed by atoms with van der Waals surface area (Å²) in [5, 5.41) is 12.5. The Hall–Kier alpha value is -3.10. The first kappa shape index (κ1) is 17.3. The first-order valence-corrected chi connectivity index (χ1v) is 8.38. The fourth-order valence-electron chi connectivity index (χ4n) is 2.96. The van der Waals surface area contributed by atoms with E-state index in [0.29, 0.717) is 16.6 Å². The minimum atomic E-state index is -2.71. The largest absolute Gasteiger partial charge is 0.331 e. The number of carbonyl (C=O) groups excluding carboxylic acids is 1. The fraction of sp³-hybridized carbons (Fsp3) is 0.278. The first-order valence-electron chi connectivity index (χ1n) is 8.38. The van der Waals surface area contributed by atoms with Crippen molar-refractivity contribution in [3.05, 3.63) is 53.6 Å². The van der Waals surface area contributed by atoms with Gasteiger partial charge in [-0.2, -0.15) is 5.10 Å². The van der Waals surface area contributed by atoms with Gasteiger partial charge in [-0.1, -0.05) is 12.1 Å². The summed E-state index contributed by atoms with van der Waals surface area (Å²) in [5.41, 5.74) is 1.56. The summed E-state index contributed by atoms with van der Waals surface area (Å²) in [7, 11) is 0. The van der Waals surface area contributed by atoms with Crippen LogP contribution in [0.15, 0.2) is 36.5 Å². The molecule has 0 aliphatic heterocycles. The van der Waals surface area contributed by atoms with Crippen molar-refractivity contribution in [1.29, 1.82) is 0 Å². The van der Waals surface area contributed by atoms with Crippen LogP contribution >= 0.6 is 0 Å². The third-order valence-corrected chi connectivity index (χ3v) is 4.59. The number of halogens is 3. The minimum absolute atomic E-state index is 0.212. The molecule has 140 valence electrons. The Morgan fingerprint density at radius 2 is 2.04 bits per heavy atom. The molecular formula is C18H16F3N5O. The van der Waals surface area contributed by atoms with Gasteiger partial charge in [-0.15, -0.1) is 0 Å². The molecular weight excluding hydrogens is 359 g/mol. The Labute approximate surface area is 152 Å². The molecule has 0 bridgehead atoms. The molecule has 9 heteroatoms. The molecule has 1 unspecified atom stereocenters. The molecule has 6 nitrogen and oxygen atoms in total. The number of benzene rings is 1. The van der Waals surface area contributed by atoms with Crippen LogP contribution in [-0.2, 0) is 0 Å². The lowest BCUT2D eigenvalue weighted by molar-refractivity contribution is 0.111. The van der Waals surface area contributed by atoms with E-state index in [0.717, 1.165) is 5.56 Å². The van der Waals surface area contributed by atoms with Crippen LogP contribution in [-0.4, -0.2) is 27.1 Å². The number of carbonyl (C=O) groups is 1. The monoisotopic (exact) mass is 375 g/mol. The number of urea groups is 1. The number of anilines is 1. The number of hydrogen-bond acceptors (Lipinski definition) is 3. The standard InChI is InChI=1S/C18H16F3N5O/c1-9(10-2-4-11(19)5-3-10)23-17(27)24-15-6-14-12(8-22-15)16(26-25-14)13-7-18(13,20)21/h2-6,8-9,13H,7H2,1H3,(H,25,26)(H2,22,23,24,27)/t9-,13?/m1/s1. The van der Waals surface area contributed by atoms with Crippen LogP contribution in [0.3, 0.4) is 0 Å². The Balaban J connectivity index is 1.44. The number of H-pyrrole nitrogens is 1. The molecule has 1 aliphatic carbocycles. The van der Waals surface area contributed by atoms with E-state index in [1.165, 1.54) is 24.4 Å². The van der Waals surface area contributed by atoms with Gasteiger partial charge in [0.05, 0.1) is 23.2 Å². The second kappa shape index (κ2) is 6.26. The van der Waals surface area contributed by atoms with Gasteiger partial charge in [0.1, 0.15) is 11.6 Å². The predicted octanol–water partition coefficient (Wildman–Crippen LogP) is 4.10. The highest BCUT2D eigenvalue weighted by Crippen LogP contribution is 2.56. The molecule has 2 atom stereocenters. The molecule has 0 radical (unpaired) electrons. The maximum Gasteiger partial charge on any atom is 0.320 e. The Morgan fingerprint density at radius 1 is 1.33 bits per heavy atom. The average Bonchev–Trinajstić information content (AvgIpc) is 3.06. The summed E-state index contributed by atoms with van der Waals surface area (Å²) in [6, 6.07) is 6.51. The molecule has 3 aromatic rings. The van der Waals surface area contributed by atoms with Crippen molar-refractivity contribution < 1.29 is 18.0 Å². The summed E-state index contributed by atoms with van der Waals surface area (Å²) in [6.45, 7) is 1.76. The number of aromatic amines is 1. The van der Waals surface area contributed by atoms with Gasteiger partial charge in [-0.05, 0) is 24.6 Å². The summed E-state index contributed by atoms with van der Waals surface area (Å²) in [6.07, 6.45) is 1.21. The second-order valence-electron chi connectivity index (χ2n) is 6.61. The van der Waals surface area contributed by atoms with Gasteiger partial charge in [-0.3, -0.25) is 10.4 Å². The lowest BCUT2D eigenvalue weighted by atomic mass is 10.1. The van der Waals surface area contributed by atoms with Crippen molar-refractivity contribution in [3.63, 3.8) is 0 Å². The van der Waals surface area contributed by atoms with Crippen LogP contribution < -0.4 is 10.6 Å². The van der Waals surface area contributed by atoms with Crippen molar-refractivity contribution in [2.24, 2.45) is 0 Å². The maximum absolute atomic E-state index is 13.3. The Bertz CT molecular complexity index is 1000. The molecule has 1 aliphatic rings. The zero-order valence-electron chi connectivity index (χ0n) is 14.3. The van der Waals surface area contributed by atoms with Crippen LogP contribution in [0.2, 0.25) is 0 Å². The summed E-state index contributed by atoms with van der Waals surface area (Å²) in [4.78, 5) is 16.2. The van der Waals surface area contributed by atoms with Crippen molar-refractivity contribution >= 4 is 22.8 Å². The summed E-state index contributed by atoms with van der Waals surface area (Å²) < 4.78 is 39.5. The topological polar surface area (TPSA) is 82.7 Å². The van der Waals surface area contributed by atoms with Gasteiger partial charge < -0.3 is 5.32 Å². The summed E-state index contributed by atoms with van der Waals surface area (Å²) in [5.74, 6) is -3.69. The van der Waals surface area contributed by atoms with Crippen LogP contribution in [0, 0.1) is 5.82 Å². The van der Waals surface area contributed by atoms with Gasteiger partial charge in [0.2, 0.25) is 0 Å². The van der Waals surface area contributed by atoms with Crippen molar-refractivity contribution in [2.45, 2.75) is 31.2 Å². The lowest BCUT2D eigenvalue weighted by Crippen LogP contribution is -2.31. The number of rotatable bonds is 4. The van der Waals surface area contributed by atoms with E-state index < -0.39 is 17.9 Å². The number of aromatic nitrogens is 3. The van der Waals surface area contributed by atoms with Crippen molar-refractivity contribution in [2.75, 3.05) is 5.32 Å². The third kappa shape index (κ3) is 3.44. The number of pyridine rings is 1. The minimum Gasteiger partial charge on any atom is -0.331 e. The van der Waals surface area contributed by atoms with Crippen molar-refractivity contribution in [1.82, 2.24) is 20.5 Å². The zero-order chi connectivity index (χ0) is 19.2. The van der Waals surface area contributed by atoms with E-state index in [-0.39, 0.29) is 24.1 Å². The highest BCUT2D eigenvalue weighted by Gasteiger charge is 2.59. The van der Waals surface area contributed by atoms with Gasteiger partial charge in [0.25, 0.3) is 5.92 Å². The first-order chi connectivity index (χ1) is 12.8. The SMILES string of the molecule is C[C@@H](NC(=O)Nc1cc2[nH]nc(C3CC3(F)F)c2cn1)c1ccc(F)cc1. The Kier molecular flexibility index (Phi) is 4.01. The van der Waals surface area contributed by atoms with Gasteiger partial charge in [0.15, 0.2) is 0 Å². The Morgan fingerprint density at radius 3 is 2.70 bits per heavy atom. The molecule has 4 rings (SSSR count). The highest BCUT2D eigenvalue weighted by atomic mass is 19.3. The molecule has 2 heterocycles. The van der Waals surface area contributed by atoms with Crippen LogP contribution in [0.4, 0.5) is 23.8 Å². The smallest absolute Gasteiger partial charge is 0.320 e. The number of nitrogens with zero attached hydrogens (tertiary/aromatic N) is 2. The molecule has 0 saturated heterocycles. The van der Waals surface area contributed by atoms with Gasteiger partial charge >= 0.3 is 6.03 Å². The molecule has 1 saturated carbocycles. The lowest BCUT2D eigenvalue weighted by Gasteiger charge is -2.14. The van der Waals surface area contributed by atoms with E-state index in [1.54, 1.807) is 19.1 Å². The number of hydrogen-bond donors (Lipinski definition) is 3. The van der Waals surface area contributed by atoms with Crippen LogP contribution in [0.5, 0.6) is 0 Å². The second-order valence-corrected chi connectivity index (χ2v) is 6.61. The number of nitrogens with one attached hydrogen (secondary N) is 3. The maximum atomic E-state index is 13.3. The number of fused-ring (bicyclic) bond motifs is 1. The normalized spacial score (nSPS) is 18.9. The highest BCUT2D eigenvalue weighted by molar-refractivity contribution is 5.91. The third-order valence-electron chi connectivity index (χ3n) is 4.59. The van der Waals surface area contributed by atoms with Crippen LogP contribution in [0.1, 0.15) is 36.6 Å². The van der Waals surface area contributed by atoms with Crippen LogP contribution in [0.25, 0.3) is 10.9 Å². The molecule has 1 fully saturated rings. The van der Waals surface area contributed by atoms with E-state index >= 15 is 0 Å². The molecule has 3 N–H and O–H groups in total. The fourth-order valence-corrected chi connectivity index (χ4v) is 2.96. The van der Waals surface area contributed by atoms with Gasteiger partial charge in [0, 0.05) is 24.1 Å². The molecule has 0 spiro atoms. The summed E-state index contributed by atoms with van der Waals surface area (Å²) >= 11 is 0. The average molecular weight is 375 g/mol. The molecule has 27 heavy (non-hydrogen) atoms.